The third kappa shape index (κ3) is 5.23. The number of methoxy groups -OCH3 is 1. The zero-order valence-electron chi connectivity index (χ0n) is 18.2. The van der Waals surface area contributed by atoms with Crippen molar-refractivity contribution in [1.82, 2.24) is 4.90 Å². The number of carbonyl (C=O) groups is 1. The van der Waals surface area contributed by atoms with Crippen molar-refractivity contribution in [3.63, 3.8) is 0 Å². The SMILES string of the molecule is COc1ccccc1CN(C)C(=O)CN(c1cc(Cl)ccc1C)S(=O)(=O)c1ccccc1. The van der Waals surface area contributed by atoms with E-state index < -0.39 is 10.0 Å². The molecule has 0 aromatic heterocycles. The maximum Gasteiger partial charge on any atom is 0.264 e. The van der Waals surface area contributed by atoms with Crippen LogP contribution in [0.3, 0.4) is 0 Å². The summed E-state index contributed by atoms with van der Waals surface area (Å²) in [6.45, 7) is 1.68. The van der Waals surface area contributed by atoms with Gasteiger partial charge >= 0.3 is 0 Å². The van der Waals surface area contributed by atoms with Crippen molar-refractivity contribution in [2.75, 3.05) is 25.0 Å². The van der Waals surface area contributed by atoms with E-state index in [1.54, 1.807) is 57.5 Å². The fourth-order valence-corrected chi connectivity index (χ4v) is 4.95. The molecule has 3 aromatic rings. The van der Waals surface area contributed by atoms with Crippen LogP contribution in [0.15, 0.2) is 77.7 Å². The number of carbonyl (C=O) groups excluding carboxylic acids is 1. The van der Waals surface area contributed by atoms with Crippen LogP contribution in [-0.4, -0.2) is 39.9 Å². The van der Waals surface area contributed by atoms with Crippen LogP contribution in [-0.2, 0) is 21.4 Å². The van der Waals surface area contributed by atoms with Gasteiger partial charge in [0.15, 0.2) is 0 Å². The Bertz CT molecular complexity index is 1200. The first-order valence-corrected chi connectivity index (χ1v) is 11.8. The lowest BCUT2D eigenvalue weighted by molar-refractivity contribution is -0.128. The first kappa shape index (κ1) is 23.6. The highest BCUT2D eigenvalue weighted by atomic mass is 35.5. The van der Waals surface area contributed by atoms with Gasteiger partial charge in [-0.2, -0.15) is 0 Å². The third-order valence-corrected chi connectivity index (χ3v) is 7.08. The summed E-state index contributed by atoms with van der Waals surface area (Å²) in [7, 11) is -0.807. The van der Waals surface area contributed by atoms with Crippen LogP contribution < -0.4 is 9.04 Å². The number of para-hydroxylation sites is 1. The van der Waals surface area contributed by atoms with Crippen LogP contribution in [0.2, 0.25) is 5.02 Å². The van der Waals surface area contributed by atoms with Crippen molar-refractivity contribution in [2.45, 2.75) is 18.4 Å². The fourth-order valence-electron chi connectivity index (χ4n) is 3.29. The summed E-state index contributed by atoms with van der Waals surface area (Å²) < 4.78 is 33.5. The second-order valence-electron chi connectivity index (χ2n) is 7.32. The van der Waals surface area contributed by atoms with Crippen LogP contribution in [0, 0.1) is 6.92 Å². The molecular weight excluding hydrogens is 448 g/mol. The molecule has 1 amide bonds. The largest absolute Gasteiger partial charge is 0.496 e. The highest BCUT2D eigenvalue weighted by molar-refractivity contribution is 7.92. The van der Waals surface area contributed by atoms with Crippen LogP contribution in [0.1, 0.15) is 11.1 Å². The standard InChI is InChI=1S/C24H25ClN2O4S/c1-18-13-14-20(25)15-22(18)27(32(29,30)21-10-5-4-6-11-21)17-24(28)26(2)16-19-9-7-8-12-23(19)31-3/h4-15H,16-17H2,1-3H3. The molecule has 0 aliphatic rings. The van der Waals surface area contributed by atoms with Crippen molar-refractivity contribution in [3.05, 3.63) is 88.9 Å². The predicted octanol–water partition coefficient (Wildman–Crippen LogP) is 4.51. The lowest BCUT2D eigenvalue weighted by Crippen LogP contribution is -2.41. The van der Waals surface area contributed by atoms with Crippen LogP contribution >= 0.6 is 11.6 Å². The maximum absolute atomic E-state index is 13.5. The fraction of sp³-hybridized carbons (Fsp3) is 0.208. The van der Waals surface area contributed by atoms with Crippen molar-refractivity contribution in [1.29, 1.82) is 0 Å². The van der Waals surface area contributed by atoms with Gasteiger partial charge in [0.05, 0.1) is 17.7 Å². The van der Waals surface area contributed by atoms with Crippen molar-refractivity contribution in [3.8, 4) is 5.75 Å². The summed E-state index contributed by atoms with van der Waals surface area (Å²) in [4.78, 5) is 14.7. The van der Waals surface area contributed by atoms with Gasteiger partial charge < -0.3 is 9.64 Å². The second-order valence-corrected chi connectivity index (χ2v) is 9.62. The number of nitrogens with zero attached hydrogens (tertiary/aromatic N) is 2. The number of aryl methyl sites for hydroxylation is 1. The highest BCUT2D eigenvalue weighted by Gasteiger charge is 2.29. The molecule has 0 atom stereocenters. The zero-order chi connectivity index (χ0) is 23.3. The maximum atomic E-state index is 13.5. The number of halogens is 1. The molecule has 6 nitrogen and oxygen atoms in total. The van der Waals surface area contributed by atoms with E-state index in [-0.39, 0.29) is 23.9 Å². The second kappa shape index (κ2) is 10.1. The molecule has 3 aromatic carbocycles. The molecule has 0 fully saturated rings. The van der Waals surface area contributed by atoms with Gasteiger partial charge in [0.2, 0.25) is 5.91 Å². The molecular formula is C24H25ClN2O4S. The molecule has 0 saturated heterocycles. The number of hydrogen-bond donors (Lipinski definition) is 0. The van der Waals surface area contributed by atoms with Gasteiger partial charge in [-0.15, -0.1) is 0 Å². The highest BCUT2D eigenvalue weighted by Crippen LogP contribution is 2.29. The van der Waals surface area contributed by atoms with Gasteiger partial charge in [-0.1, -0.05) is 54.1 Å². The molecule has 0 bridgehead atoms. The minimum atomic E-state index is -4.01. The number of amides is 1. The minimum absolute atomic E-state index is 0.0968. The zero-order valence-corrected chi connectivity index (χ0v) is 19.7. The van der Waals surface area contributed by atoms with Crippen LogP contribution in [0.4, 0.5) is 5.69 Å². The Morgan fingerprint density at radius 1 is 1.00 bits per heavy atom. The van der Waals surface area contributed by atoms with Crippen molar-refractivity contribution in [2.24, 2.45) is 0 Å². The summed E-state index contributed by atoms with van der Waals surface area (Å²) in [5.74, 6) is 0.293. The number of anilines is 1. The summed E-state index contributed by atoms with van der Waals surface area (Å²) in [5, 5.41) is 0.383. The average molecular weight is 473 g/mol. The third-order valence-electron chi connectivity index (χ3n) is 5.08. The van der Waals surface area contributed by atoms with E-state index in [1.165, 1.54) is 17.0 Å². The summed E-state index contributed by atoms with van der Waals surface area (Å²) in [6, 6.07) is 20.4. The Morgan fingerprint density at radius 2 is 1.66 bits per heavy atom. The quantitative estimate of drug-likeness (QED) is 0.483. The molecule has 0 saturated carbocycles. The summed E-state index contributed by atoms with van der Waals surface area (Å²) in [5.41, 5.74) is 1.87. The van der Waals surface area contributed by atoms with Crippen molar-refractivity contribution >= 4 is 33.2 Å². The number of likely N-dealkylation sites (N-methyl/N-ethyl adjacent to an activating group) is 1. The van der Waals surface area contributed by atoms with E-state index >= 15 is 0 Å². The molecule has 3 rings (SSSR count). The number of sulfonamides is 1. The minimum Gasteiger partial charge on any atom is -0.496 e. The lowest BCUT2D eigenvalue weighted by atomic mass is 10.2. The number of hydrogen-bond acceptors (Lipinski definition) is 4. The Kier molecular flexibility index (Phi) is 7.43. The molecule has 32 heavy (non-hydrogen) atoms. The van der Waals surface area contributed by atoms with Gasteiger partial charge in [-0.05, 0) is 42.8 Å². The number of rotatable bonds is 8. The predicted molar refractivity (Wildman–Crippen MR) is 127 cm³/mol. The van der Waals surface area contributed by atoms with E-state index in [9.17, 15) is 13.2 Å². The monoisotopic (exact) mass is 472 g/mol. The van der Waals surface area contributed by atoms with E-state index in [4.69, 9.17) is 16.3 Å². The number of ether oxygens (including phenoxy) is 1. The summed E-state index contributed by atoms with van der Waals surface area (Å²) >= 11 is 6.17. The molecule has 168 valence electrons. The lowest BCUT2D eigenvalue weighted by Gasteiger charge is -2.28. The van der Waals surface area contributed by atoms with Crippen LogP contribution in [0.5, 0.6) is 5.75 Å². The Labute approximate surface area is 194 Å². The first-order valence-electron chi connectivity index (χ1n) is 9.94. The van der Waals surface area contributed by atoms with Crippen LogP contribution in [0.25, 0.3) is 0 Å². The Balaban J connectivity index is 1.95. The molecule has 0 aliphatic heterocycles. The molecule has 0 N–H and O–H groups in total. The topological polar surface area (TPSA) is 66.9 Å². The Morgan fingerprint density at radius 3 is 2.34 bits per heavy atom. The van der Waals surface area contributed by atoms with Gasteiger partial charge in [-0.25, -0.2) is 8.42 Å². The molecule has 0 radical (unpaired) electrons. The first-order chi connectivity index (χ1) is 15.2. The Hall–Kier alpha value is -3.03. The molecule has 0 spiro atoms. The molecule has 0 heterocycles. The normalized spacial score (nSPS) is 11.1. The van der Waals surface area contributed by atoms with Crippen molar-refractivity contribution < 1.29 is 17.9 Å². The smallest absolute Gasteiger partial charge is 0.264 e. The van der Waals surface area contributed by atoms with E-state index in [0.717, 1.165) is 9.87 Å². The molecule has 0 aliphatic carbocycles. The van der Waals surface area contributed by atoms with Gasteiger partial charge in [0, 0.05) is 24.2 Å². The molecule has 0 unspecified atom stereocenters. The van der Waals surface area contributed by atoms with Gasteiger partial charge in [-0.3, -0.25) is 9.10 Å². The van der Waals surface area contributed by atoms with Gasteiger partial charge in [0.1, 0.15) is 12.3 Å². The number of benzene rings is 3. The molecule has 8 heteroatoms. The summed E-state index contributed by atoms with van der Waals surface area (Å²) in [6.07, 6.45) is 0. The van der Waals surface area contributed by atoms with E-state index in [0.29, 0.717) is 22.0 Å². The van der Waals surface area contributed by atoms with Gasteiger partial charge in [0.25, 0.3) is 10.0 Å². The van der Waals surface area contributed by atoms with E-state index in [2.05, 4.69) is 0 Å². The average Bonchev–Trinajstić information content (AvgIpc) is 2.79. The van der Waals surface area contributed by atoms with E-state index in [1.807, 2.05) is 24.3 Å².